The predicted molar refractivity (Wildman–Crippen MR) is 112 cm³/mol. The fourth-order valence-electron chi connectivity index (χ4n) is 3.30. The molecule has 0 unspecified atom stereocenters. The van der Waals surface area contributed by atoms with Crippen molar-refractivity contribution in [2.45, 2.75) is 64.8 Å². The number of likely N-dealkylation sites (tertiary alicyclic amines) is 1. The first-order chi connectivity index (χ1) is 13.2. The Kier molecular flexibility index (Phi) is 5.96. The van der Waals surface area contributed by atoms with Crippen LogP contribution in [0.5, 0.6) is 0 Å². The number of rotatable bonds is 4. The summed E-state index contributed by atoms with van der Waals surface area (Å²) in [5, 5.41) is 3.59. The van der Waals surface area contributed by atoms with Crippen molar-refractivity contribution >= 4 is 11.7 Å². The molecule has 2 aromatic heterocycles. The van der Waals surface area contributed by atoms with Gasteiger partial charge < -0.3 is 10.2 Å². The summed E-state index contributed by atoms with van der Waals surface area (Å²) in [7, 11) is 0. The first-order valence-corrected chi connectivity index (χ1v) is 10.1. The summed E-state index contributed by atoms with van der Waals surface area (Å²) >= 11 is 0. The molecule has 0 atom stereocenters. The minimum Gasteiger partial charge on any atom is -0.367 e. The molecule has 6 nitrogen and oxygen atoms in total. The average molecular weight is 382 g/mol. The van der Waals surface area contributed by atoms with Gasteiger partial charge in [-0.1, -0.05) is 34.6 Å². The van der Waals surface area contributed by atoms with Crippen LogP contribution in [-0.2, 0) is 5.41 Å². The highest BCUT2D eigenvalue weighted by Gasteiger charge is 2.25. The lowest BCUT2D eigenvalue weighted by atomic mass is 9.91. The van der Waals surface area contributed by atoms with E-state index >= 15 is 0 Å². The number of anilines is 1. The first kappa shape index (κ1) is 20.2. The van der Waals surface area contributed by atoms with Crippen molar-refractivity contribution in [2.24, 2.45) is 0 Å². The lowest BCUT2D eigenvalue weighted by molar-refractivity contribution is 0.0718. The molecular formula is C22H31N5O. The number of piperidine rings is 1. The molecule has 0 spiro atoms. The molecule has 0 saturated carbocycles. The molecule has 0 radical (unpaired) electrons. The number of nitrogens with one attached hydrogen (secondary N) is 1. The number of hydrogen-bond donors (Lipinski definition) is 1. The van der Waals surface area contributed by atoms with Crippen LogP contribution < -0.4 is 5.32 Å². The van der Waals surface area contributed by atoms with Gasteiger partial charge in [0.25, 0.3) is 5.91 Å². The number of pyridine rings is 1. The van der Waals surface area contributed by atoms with Crippen molar-refractivity contribution in [1.29, 1.82) is 0 Å². The van der Waals surface area contributed by atoms with Crippen LogP contribution in [0.2, 0.25) is 0 Å². The zero-order chi connectivity index (χ0) is 20.3. The van der Waals surface area contributed by atoms with E-state index in [0.717, 1.165) is 43.3 Å². The first-order valence-electron chi connectivity index (χ1n) is 10.1. The van der Waals surface area contributed by atoms with Gasteiger partial charge in [-0.15, -0.1) is 0 Å². The van der Waals surface area contributed by atoms with Crippen LogP contribution >= 0.6 is 0 Å². The Morgan fingerprint density at radius 3 is 2.36 bits per heavy atom. The number of aromatic nitrogens is 3. The zero-order valence-electron chi connectivity index (χ0n) is 17.6. The van der Waals surface area contributed by atoms with Gasteiger partial charge in [-0.3, -0.25) is 9.78 Å². The smallest absolute Gasteiger partial charge is 0.253 e. The summed E-state index contributed by atoms with van der Waals surface area (Å²) in [5.74, 6) is 2.13. The Morgan fingerprint density at radius 2 is 1.79 bits per heavy atom. The van der Waals surface area contributed by atoms with Crippen molar-refractivity contribution in [2.75, 3.05) is 18.4 Å². The number of carbonyl (C=O) groups excluding carboxylic acids is 1. The summed E-state index contributed by atoms with van der Waals surface area (Å²) < 4.78 is 0. The molecule has 1 saturated heterocycles. The number of amides is 1. The maximum atomic E-state index is 12.6. The molecule has 1 amide bonds. The van der Waals surface area contributed by atoms with E-state index in [1.54, 1.807) is 24.5 Å². The summed E-state index contributed by atoms with van der Waals surface area (Å²) in [4.78, 5) is 28.0. The molecule has 6 heteroatoms. The maximum Gasteiger partial charge on any atom is 0.253 e. The summed E-state index contributed by atoms with van der Waals surface area (Å²) in [6, 6.07) is 5.92. The van der Waals surface area contributed by atoms with Gasteiger partial charge in [0, 0.05) is 54.5 Å². The van der Waals surface area contributed by atoms with Crippen LogP contribution in [0.25, 0.3) is 0 Å². The van der Waals surface area contributed by atoms with E-state index in [0.29, 0.717) is 11.6 Å². The maximum absolute atomic E-state index is 12.6. The van der Waals surface area contributed by atoms with Crippen LogP contribution in [0, 0.1) is 0 Å². The van der Waals surface area contributed by atoms with Crippen molar-refractivity contribution < 1.29 is 4.79 Å². The molecule has 28 heavy (non-hydrogen) atoms. The molecule has 1 fully saturated rings. The quantitative estimate of drug-likeness (QED) is 0.866. The molecule has 0 bridgehead atoms. The van der Waals surface area contributed by atoms with E-state index in [9.17, 15) is 4.79 Å². The molecule has 1 aliphatic rings. The van der Waals surface area contributed by atoms with E-state index in [1.807, 2.05) is 4.90 Å². The van der Waals surface area contributed by atoms with Crippen LogP contribution in [0.4, 0.5) is 5.82 Å². The van der Waals surface area contributed by atoms with Crippen molar-refractivity contribution in [3.8, 4) is 0 Å². The molecule has 2 aromatic rings. The highest BCUT2D eigenvalue weighted by molar-refractivity contribution is 5.94. The Labute approximate surface area is 167 Å². The minimum atomic E-state index is -0.0245. The molecule has 0 aromatic carbocycles. The number of hydrogen-bond acceptors (Lipinski definition) is 5. The van der Waals surface area contributed by atoms with Gasteiger partial charge in [-0.2, -0.15) is 0 Å². The van der Waals surface area contributed by atoms with Crippen molar-refractivity contribution in [3.05, 3.63) is 47.7 Å². The van der Waals surface area contributed by atoms with E-state index in [4.69, 9.17) is 9.97 Å². The van der Waals surface area contributed by atoms with Gasteiger partial charge in [0.05, 0.1) is 5.69 Å². The summed E-state index contributed by atoms with van der Waals surface area (Å²) in [6.07, 6.45) is 5.14. The average Bonchev–Trinajstić information content (AvgIpc) is 2.68. The third kappa shape index (κ3) is 4.86. The Balaban J connectivity index is 1.66. The van der Waals surface area contributed by atoms with Crippen LogP contribution in [0.3, 0.4) is 0 Å². The second-order valence-electron chi connectivity index (χ2n) is 8.85. The third-order valence-corrected chi connectivity index (χ3v) is 5.09. The van der Waals surface area contributed by atoms with Crippen molar-refractivity contribution in [1.82, 2.24) is 19.9 Å². The second-order valence-corrected chi connectivity index (χ2v) is 8.85. The van der Waals surface area contributed by atoms with Crippen LogP contribution in [-0.4, -0.2) is 44.9 Å². The summed E-state index contributed by atoms with van der Waals surface area (Å²) in [6.45, 7) is 12.2. The van der Waals surface area contributed by atoms with E-state index in [-0.39, 0.29) is 17.2 Å². The van der Waals surface area contributed by atoms with Crippen LogP contribution in [0.1, 0.15) is 75.3 Å². The SMILES string of the molecule is CC(C)c1nc(NC2CCN(C(=O)c3ccncc3)CC2)cc(C(C)(C)C)n1. The lowest BCUT2D eigenvalue weighted by Crippen LogP contribution is -2.42. The fourth-order valence-corrected chi connectivity index (χ4v) is 3.30. The highest BCUT2D eigenvalue weighted by Crippen LogP contribution is 2.25. The van der Waals surface area contributed by atoms with Gasteiger partial charge in [0.15, 0.2) is 0 Å². The van der Waals surface area contributed by atoms with Crippen molar-refractivity contribution in [3.63, 3.8) is 0 Å². The van der Waals surface area contributed by atoms with Gasteiger partial charge in [0.1, 0.15) is 11.6 Å². The van der Waals surface area contributed by atoms with Gasteiger partial charge >= 0.3 is 0 Å². The molecule has 1 aliphatic heterocycles. The Bertz CT molecular complexity index is 805. The summed E-state index contributed by atoms with van der Waals surface area (Å²) in [5.41, 5.74) is 1.73. The minimum absolute atomic E-state index is 0.0245. The molecule has 3 rings (SSSR count). The second kappa shape index (κ2) is 8.25. The number of carbonyl (C=O) groups is 1. The fraction of sp³-hybridized carbons (Fsp3) is 0.545. The van der Waals surface area contributed by atoms with E-state index in [1.165, 1.54) is 0 Å². The molecule has 3 heterocycles. The molecular weight excluding hydrogens is 350 g/mol. The normalized spacial score (nSPS) is 15.7. The predicted octanol–water partition coefficient (Wildman–Crippen LogP) is 4.01. The zero-order valence-corrected chi connectivity index (χ0v) is 17.6. The monoisotopic (exact) mass is 381 g/mol. The van der Waals surface area contributed by atoms with Gasteiger partial charge in [0.2, 0.25) is 0 Å². The standard InChI is InChI=1S/C22H31N5O/c1-15(2)20-25-18(22(3,4)5)14-19(26-20)24-17-8-12-27(13-9-17)21(28)16-6-10-23-11-7-16/h6-7,10-11,14-15,17H,8-9,12-13H2,1-5H3,(H,24,25,26). The molecule has 1 N–H and O–H groups in total. The van der Waals surface area contributed by atoms with Gasteiger partial charge in [-0.05, 0) is 25.0 Å². The molecule has 150 valence electrons. The third-order valence-electron chi connectivity index (χ3n) is 5.09. The Hall–Kier alpha value is -2.50. The Morgan fingerprint density at radius 1 is 1.14 bits per heavy atom. The van der Waals surface area contributed by atoms with E-state index < -0.39 is 0 Å². The highest BCUT2D eigenvalue weighted by atomic mass is 16.2. The number of nitrogens with zero attached hydrogens (tertiary/aromatic N) is 4. The van der Waals surface area contributed by atoms with E-state index in [2.05, 4.69) is 51.0 Å². The largest absolute Gasteiger partial charge is 0.367 e. The van der Waals surface area contributed by atoms with Crippen LogP contribution in [0.15, 0.2) is 30.6 Å². The lowest BCUT2D eigenvalue weighted by Gasteiger charge is -2.33. The topological polar surface area (TPSA) is 71.0 Å². The van der Waals surface area contributed by atoms with Gasteiger partial charge in [-0.25, -0.2) is 9.97 Å². The molecule has 0 aliphatic carbocycles.